The highest BCUT2D eigenvalue weighted by Gasteiger charge is 2.48. The SMILES string of the molecule is FC(F)(F)c1cc(Cl)ccc1C1(CCl)OC[C@@H](CCl)O1. The molecule has 2 rings (SSSR count). The van der Waals surface area contributed by atoms with E-state index in [0.29, 0.717) is 0 Å². The summed E-state index contributed by atoms with van der Waals surface area (Å²) in [6, 6.07) is 3.37. The summed E-state index contributed by atoms with van der Waals surface area (Å²) in [6.45, 7) is 0.0795. The lowest BCUT2D eigenvalue weighted by atomic mass is 10.00. The molecule has 1 saturated heterocycles. The van der Waals surface area contributed by atoms with Gasteiger partial charge < -0.3 is 9.47 Å². The predicted molar refractivity (Wildman–Crippen MR) is 70.4 cm³/mol. The molecule has 0 saturated carbocycles. The van der Waals surface area contributed by atoms with Crippen molar-refractivity contribution in [1.82, 2.24) is 0 Å². The lowest BCUT2D eigenvalue weighted by Crippen LogP contribution is -2.33. The molecule has 20 heavy (non-hydrogen) atoms. The quantitative estimate of drug-likeness (QED) is 0.753. The number of benzene rings is 1. The van der Waals surface area contributed by atoms with Crippen LogP contribution in [-0.2, 0) is 21.4 Å². The van der Waals surface area contributed by atoms with Gasteiger partial charge in [0, 0.05) is 10.6 Å². The molecule has 0 amide bonds. The number of hydrogen-bond donors (Lipinski definition) is 0. The molecule has 1 fully saturated rings. The van der Waals surface area contributed by atoms with Crippen LogP contribution in [0, 0.1) is 0 Å². The van der Waals surface area contributed by atoms with E-state index in [0.717, 1.165) is 6.07 Å². The molecule has 1 aliphatic rings. The third kappa shape index (κ3) is 3.02. The summed E-state index contributed by atoms with van der Waals surface area (Å²) in [5.41, 5.74) is -1.13. The maximum atomic E-state index is 13.1. The zero-order valence-corrected chi connectivity index (χ0v) is 12.3. The average Bonchev–Trinajstić information content (AvgIpc) is 2.82. The van der Waals surface area contributed by atoms with Crippen molar-refractivity contribution in [2.45, 2.75) is 18.1 Å². The van der Waals surface area contributed by atoms with E-state index in [2.05, 4.69) is 0 Å². The van der Waals surface area contributed by atoms with Crippen molar-refractivity contribution in [3.05, 3.63) is 34.3 Å². The summed E-state index contributed by atoms with van der Waals surface area (Å²) < 4.78 is 50.2. The van der Waals surface area contributed by atoms with Gasteiger partial charge in [-0.25, -0.2) is 0 Å². The highest BCUT2D eigenvalue weighted by atomic mass is 35.5. The molecular weight excluding hydrogens is 339 g/mol. The number of hydrogen-bond acceptors (Lipinski definition) is 2. The second-order valence-corrected chi connectivity index (χ2v) is 5.29. The van der Waals surface area contributed by atoms with E-state index in [-0.39, 0.29) is 29.0 Å². The summed E-state index contributed by atoms with van der Waals surface area (Å²) in [7, 11) is 0. The van der Waals surface area contributed by atoms with Gasteiger partial charge in [-0.2, -0.15) is 13.2 Å². The number of halogens is 6. The molecule has 0 bridgehead atoms. The van der Waals surface area contributed by atoms with Crippen molar-refractivity contribution >= 4 is 34.8 Å². The number of rotatable bonds is 3. The summed E-state index contributed by atoms with van der Waals surface area (Å²) >= 11 is 17.1. The van der Waals surface area contributed by atoms with Gasteiger partial charge in [-0.15, -0.1) is 23.2 Å². The standard InChI is InChI=1S/C12H10Cl3F3O2/c13-4-8-5-19-11(6-14,20-8)9-2-1-7(15)3-10(9)12(16,17)18/h1-3,8H,4-6H2/t8-,11?/m1/s1. The minimum absolute atomic E-state index is 0.0299. The first-order chi connectivity index (χ1) is 9.32. The molecule has 0 radical (unpaired) electrons. The topological polar surface area (TPSA) is 18.5 Å². The lowest BCUT2D eigenvalue weighted by Gasteiger charge is -2.29. The molecule has 2 nitrogen and oxygen atoms in total. The monoisotopic (exact) mass is 348 g/mol. The molecule has 0 N–H and O–H groups in total. The van der Waals surface area contributed by atoms with Crippen LogP contribution in [0.25, 0.3) is 0 Å². The number of ether oxygens (including phenoxy) is 2. The molecule has 1 aromatic rings. The van der Waals surface area contributed by atoms with Gasteiger partial charge in [-0.05, 0) is 12.1 Å². The smallest absolute Gasteiger partial charge is 0.342 e. The minimum Gasteiger partial charge on any atom is -0.342 e. The zero-order chi connectivity index (χ0) is 15.0. The Morgan fingerprint density at radius 1 is 1.30 bits per heavy atom. The Bertz CT molecular complexity index is 495. The van der Waals surface area contributed by atoms with Gasteiger partial charge in [0.2, 0.25) is 5.79 Å². The molecule has 0 aliphatic carbocycles. The van der Waals surface area contributed by atoms with E-state index in [9.17, 15) is 13.2 Å². The van der Waals surface area contributed by atoms with Gasteiger partial charge in [0.05, 0.1) is 30.0 Å². The van der Waals surface area contributed by atoms with Crippen LogP contribution in [0.1, 0.15) is 11.1 Å². The van der Waals surface area contributed by atoms with Crippen molar-refractivity contribution in [2.75, 3.05) is 18.4 Å². The largest absolute Gasteiger partial charge is 0.416 e. The van der Waals surface area contributed by atoms with Gasteiger partial charge in [0.25, 0.3) is 0 Å². The van der Waals surface area contributed by atoms with Crippen molar-refractivity contribution in [1.29, 1.82) is 0 Å². The van der Waals surface area contributed by atoms with Crippen LogP contribution in [0.3, 0.4) is 0 Å². The molecule has 1 heterocycles. The summed E-state index contributed by atoms with van der Waals surface area (Å²) in [5, 5.41) is -0.0299. The Labute approximate surface area is 128 Å². The van der Waals surface area contributed by atoms with Gasteiger partial charge in [0.1, 0.15) is 0 Å². The van der Waals surface area contributed by atoms with Gasteiger partial charge in [-0.3, -0.25) is 0 Å². The van der Waals surface area contributed by atoms with E-state index in [1.54, 1.807) is 0 Å². The van der Waals surface area contributed by atoms with Gasteiger partial charge >= 0.3 is 6.18 Å². The maximum Gasteiger partial charge on any atom is 0.416 e. The molecule has 8 heteroatoms. The first-order valence-corrected chi connectivity index (χ1v) is 7.08. The van der Waals surface area contributed by atoms with Crippen molar-refractivity contribution in [3.8, 4) is 0 Å². The van der Waals surface area contributed by atoms with Crippen LogP contribution in [0.2, 0.25) is 5.02 Å². The molecule has 112 valence electrons. The Balaban J connectivity index is 2.51. The Kier molecular flexibility index (Phi) is 4.76. The van der Waals surface area contributed by atoms with Crippen LogP contribution < -0.4 is 0 Å². The normalized spacial score (nSPS) is 27.0. The van der Waals surface area contributed by atoms with Gasteiger partial charge in [-0.1, -0.05) is 17.7 Å². The fourth-order valence-corrected chi connectivity index (χ4v) is 2.62. The molecule has 0 aromatic heterocycles. The van der Waals surface area contributed by atoms with Crippen LogP contribution in [0.4, 0.5) is 13.2 Å². The highest BCUT2D eigenvalue weighted by Crippen LogP contribution is 2.43. The van der Waals surface area contributed by atoms with Crippen LogP contribution in [0.15, 0.2) is 18.2 Å². The fraction of sp³-hybridized carbons (Fsp3) is 0.500. The minimum atomic E-state index is -4.59. The predicted octanol–water partition coefficient (Wildman–Crippen LogP) is 4.40. The second kappa shape index (κ2) is 5.89. The van der Waals surface area contributed by atoms with Crippen molar-refractivity contribution < 1.29 is 22.6 Å². The summed E-state index contributed by atoms with van der Waals surface area (Å²) in [5.74, 6) is -1.84. The molecule has 1 aromatic carbocycles. The maximum absolute atomic E-state index is 13.1. The third-order valence-corrected chi connectivity index (χ3v) is 3.84. The third-order valence-electron chi connectivity index (χ3n) is 2.90. The van der Waals surface area contributed by atoms with Crippen LogP contribution in [0.5, 0.6) is 0 Å². The molecule has 1 unspecified atom stereocenters. The molecule has 0 spiro atoms. The van der Waals surface area contributed by atoms with E-state index in [4.69, 9.17) is 44.3 Å². The van der Waals surface area contributed by atoms with E-state index >= 15 is 0 Å². The Hall–Kier alpha value is -0.200. The number of alkyl halides is 5. The average molecular weight is 350 g/mol. The van der Waals surface area contributed by atoms with Crippen LogP contribution in [-0.4, -0.2) is 24.5 Å². The Morgan fingerprint density at radius 2 is 2.00 bits per heavy atom. The van der Waals surface area contributed by atoms with Crippen LogP contribution >= 0.6 is 34.8 Å². The fourth-order valence-electron chi connectivity index (χ4n) is 2.01. The van der Waals surface area contributed by atoms with Gasteiger partial charge in [0.15, 0.2) is 0 Å². The molecule has 1 aliphatic heterocycles. The second-order valence-electron chi connectivity index (χ2n) is 4.28. The zero-order valence-electron chi connectivity index (χ0n) is 10.0. The van der Waals surface area contributed by atoms with E-state index in [1.165, 1.54) is 12.1 Å². The summed E-state index contributed by atoms with van der Waals surface area (Å²) in [6.07, 6.45) is -5.10. The van der Waals surface area contributed by atoms with Crippen molar-refractivity contribution in [2.24, 2.45) is 0 Å². The highest BCUT2D eigenvalue weighted by molar-refractivity contribution is 6.30. The molecular formula is C12H10Cl3F3O2. The Morgan fingerprint density at radius 3 is 2.50 bits per heavy atom. The molecule has 2 atom stereocenters. The first-order valence-electron chi connectivity index (χ1n) is 5.63. The lowest BCUT2D eigenvalue weighted by molar-refractivity contribution is -0.171. The first kappa shape index (κ1) is 16.2. The summed E-state index contributed by atoms with van der Waals surface area (Å²) in [4.78, 5) is 0. The van der Waals surface area contributed by atoms with E-state index in [1.807, 2.05) is 0 Å². The van der Waals surface area contributed by atoms with E-state index < -0.39 is 23.6 Å². The van der Waals surface area contributed by atoms with Crippen molar-refractivity contribution in [3.63, 3.8) is 0 Å².